The standard InChI is InChI=1S/C15H14F3N3O3.ClH/c16-10-4-9(5-11(17)13(10)18)14-19-12(24-20-14)7-21-3-1-2-8(6-21)15(22)23;/h4-5,8H,1-3,6-7H2,(H,22,23);1H. The van der Waals surface area contributed by atoms with Crippen molar-refractivity contribution in [2.45, 2.75) is 19.4 Å². The minimum absolute atomic E-state index is 0. The van der Waals surface area contributed by atoms with Crippen LogP contribution in [0.4, 0.5) is 13.2 Å². The van der Waals surface area contributed by atoms with Crippen LogP contribution in [0.2, 0.25) is 0 Å². The molecule has 25 heavy (non-hydrogen) atoms. The number of carboxylic acid groups (broad SMARTS) is 1. The van der Waals surface area contributed by atoms with Crippen LogP contribution in [0.5, 0.6) is 0 Å². The molecule has 1 saturated heterocycles. The van der Waals surface area contributed by atoms with Crippen LogP contribution < -0.4 is 0 Å². The summed E-state index contributed by atoms with van der Waals surface area (Å²) in [6, 6.07) is 1.57. The van der Waals surface area contributed by atoms with Crippen molar-refractivity contribution in [1.82, 2.24) is 15.0 Å². The predicted molar refractivity (Wildman–Crippen MR) is 82.5 cm³/mol. The number of carbonyl (C=O) groups is 1. The minimum Gasteiger partial charge on any atom is -0.481 e. The van der Waals surface area contributed by atoms with Crippen molar-refractivity contribution >= 4 is 18.4 Å². The number of nitrogens with zero attached hydrogens (tertiary/aromatic N) is 3. The van der Waals surface area contributed by atoms with Gasteiger partial charge in [0.25, 0.3) is 0 Å². The molecule has 1 unspecified atom stereocenters. The maximum atomic E-state index is 13.3. The zero-order valence-corrected chi connectivity index (χ0v) is 13.7. The molecule has 1 aliphatic rings. The number of hydrogen-bond donors (Lipinski definition) is 1. The fourth-order valence-corrected chi connectivity index (χ4v) is 2.71. The van der Waals surface area contributed by atoms with Gasteiger partial charge in [0, 0.05) is 12.1 Å². The van der Waals surface area contributed by atoms with E-state index in [-0.39, 0.29) is 36.2 Å². The highest BCUT2D eigenvalue weighted by Crippen LogP contribution is 2.23. The van der Waals surface area contributed by atoms with Gasteiger partial charge in [0.15, 0.2) is 17.5 Å². The van der Waals surface area contributed by atoms with Crippen molar-refractivity contribution in [3.05, 3.63) is 35.5 Å². The van der Waals surface area contributed by atoms with E-state index >= 15 is 0 Å². The van der Waals surface area contributed by atoms with E-state index < -0.39 is 29.3 Å². The third kappa shape index (κ3) is 4.29. The molecule has 1 aromatic carbocycles. The van der Waals surface area contributed by atoms with E-state index in [0.717, 1.165) is 18.6 Å². The topological polar surface area (TPSA) is 79.5 Å². The van der Waals surface area contributed by atoms with Crippen LogP contribution in [0.3, 0.4) is 0 Å². The van der Waals surface area contributed by atoms with Crippen LogP contribution in [0, 0.1) is 23.4 Å². The molecular weight excluding hydrogens is 363 g/mol. The molecule has 1 atom stereocenters. The summed E-state index contributed by atoms with van der Waals surface area (Å²) >= 11 is 0. The average Bonchev–Trinajstić information content (AvgIpc) is 3.01. The van der Waals surface area contributed by atoms with Crippen molar-refractivity contribution in [3.8, 4) is 11.4 Å². The number of aromatic nitrogens is 2. The summed E-state index contributed by atoms with van der Waals surface area (Å²) < 4.78 is 44.5. The maximum absolute atomic E-state index is 13.3. The highest BCUT2D eigenvalue weighted by Gasteiger charge is 2.26. The van der Waals surface area contributed by atoms with Gasteiger partial charge in [-0.05, 0) is 31.5 Å². The molecule has 2 aromatic rings. The Morgan fingerprint density at radius 3 is 2.64 bits per heavy atom. The molecule has 1 aliphatic heterocycles. The third-order valence-electron chi connectivity index (χ3n) is 3.92. The Hall–Kier alpha value is -2.13. The Bertz CT molecular complexity index is 748. The lowest BCUT2D eigenvalue weighted by Gasteiger charge is -2.29. The first-order chi connectivity index (χ1) is 11.4. The highest BCUT2D eigenvalue weighted by molar-refractivity contribution is 5.85. The average molecular weight is 378 g/mol. The molecule has 0 amide bonds. The first-order valence-electron chi connectivity index (χ1n) is 7.36. The number of aliphatic carboxylic acids is 1. The first-order valence-corrected chi connectivity index (χ1v) is 7.36. The quantitative estimate of drug-likeness (QED) is 0.825. The van der Waals surface area contributed by atoms with Crippen LogP contribution in [0.15, 0.2) is 16.7 Å². The van der Waals surface area contributed by atoms with E-state index in [1.165, 1.54) is 0 Å². The summed E-state index contributed by atoms with van der Waals surface area (Å²) in [5.41, 5.74) is -0.0385. The van der Waals surface area contributed by atoms with E-state index in [9.17, 15) is 18.0 Å². The summed E-state index contributed by atoms with van der Waals surface area (Å²) in [7, 11) is 0. The molecule has 0 bridgehead atoms. The molecule has 136 valence electrons. The van der Waals surface area contributed by atoms with Crippen LogP contribution >= 0.6 is 12.4 Å². The lowest BCUT2D eigenvalue weighted by Crippen LogP contribution is -2.38. The second kappa shape index (κ2) is 7.83. The zero-order valence-electron chi connectivity index (χ0n) is 12.9. The Morgan fingerprint density at radius 2 is 2.00 bits per heavy atom. The molecule has 1 fully saturated rings. The smallest absolute Gasteiger partial charge is 0.307 e. The van der Waals surface area contributed by atoms with E-state index in [0.29, 0.717) is 19.5 Å². The summed E-state index contributed by atoms with van der Waals surface area (Å²) in [5, 5.41) is 12.7. The molecule has 1 aromatic heterocycles. The summed E-state index contributed by atoms with van der Waals surface area (Å²) in [5.74, 6) is -5.38. The molecule has 0 radical (unpaired) electrons. The van der Waals surface area contributed by atoms with Crippen molar-refractivity contribution in [2.24, 2.45) is 5.92 Å². The Balaban J connectivity index is 0.00000225. The number of piperidine rings is 1. The Morgan fingerprint density at radius 1 is 1.32 bits per heavy atom. The van der Waals surface area contributed by atoms with E-state index in [2.05, 4.69) is 10.1 Å². The van der Waals surface area contributed by atoms with E-state index in [1.54, 1.807) is 0 Å². The van der Waals surface area contributed by atoms with Gasteiger partial charge in [0.2, 0.25) is 11.7 Å². The van der Waals surface area contributed by atoms with Crippen molar-refractivity contribution < 1.29 is 27.6 Å². The molecule has 0 aliphatic carbocycles. The van der Waals surface area contributed by atoms with Crippen LogP contribution in [0.1, 0.15) is 18.7 Å². The Labute approximate surface area is 147 Å². The minimum atomic E-state index is -1.56. The molecule has 2 heterocycles. The molecule has 6 nitrogen and oxygen atoms in total. The number of likely N-dealkylation sites (tertiary alicyclic amines) is 1. The normalized spacial score (nSPS) is 18.0. The summed E-state index contributed by atoms with van der Waals surface area (Å²) in [6.45, 7) is 1.30. The molecule has 0 spiro atoms. The maximum Gasteiger partial charge on any atom is 0.307 e. The van der Waals surface area contributed by atoms with Crippen LogP contribution in [-0.4, -0.2) is 39.2 Å². The van der Waals surface area contributed by atoms with Crippen LogP contribution in [-0.2, 0) is 11.3 Å². The number of hydrogen-bond acceptors (Lipinski definition) is 5. The highest BCUT2D eigenvalue weighted by atomic mass is 35.5. The van der Waals surface area contributed by atoms with Gasteiger partial charge in [-0.3, -0.25) is 9.69 Å². The molecule has 3 rings (SSSR count). The fourth-order valence-electron chi connectivity index (χ4n) is 2.71. The number of carboxylic acids is 1. The van der Waals surface area contributed by atoms with Crippen LogP contribution in [0.25, 0.3) is 11.4 Å². The van der Waals surface area contributed by atoms with Crippen molar-refractivity contribution in [1.29, 1.82) is 0 Å². The van der Waals surface area contributed by atoms with Gasteiger partial charge in [0.05, 0.1) is 12.5 Å². The van der Waals surface area contributed by atoms with Gasteiger partial charge in [-0.15, -0.1) is 12.4 Å². The monoisotopic (exact) mass is 377 g/mol. The second-order valence-corrected chi connectivity index (χ2v) is 5.68. The number of rotatable bonds is 4. The van der Waals surface area contributed by atoms with Gasteiger partial charge in [-0.2, -0.15) is 4.98 Å². The lowest BCUT2D eigenvalue weighted by molar-refractivity contribution is -0.143. The van der Waals surface area contributed by atoms with Crippen molar-refractivity contribution in [3.63, 3.8) is 0 Å². The lowest BCUT2D eigenvalue weighted by atomic mass is 9.98. The summed E-state index contributed by atoms with van der Waals surface area (Å²) in [6.07, 6.45) is 1.36. The third-order valence-corrected chi connectivity index (χ3v) is 3.92. The number of halogens is 4. The molecule has 1 N–H and O–H groups in total. The fraction of sp³-hybridized carbons (Fsp3) is 0.400. The largest absolute Gasteiger partial charge is 0.481 e. The van der Waals surface area contributed by atoms with Crippen molar-refractivity contribution in [2.75, 3.05) is 13.1 Å². The number of benzene rings is 1. The van der Waals surface area contributed by atoms with Gasteiger partial charge in [-0.1, -0.05) is 5.16 Å². The predicted octanol–water partition coefficient (Wildman–Crippen LogP) is 2.87. The molecule has 0 saturated carbocycles. The van der Waals surface area contributed by atoms with Gasteiger partial charge in [-0.25, -0.2) is 13.2 Å². The van der Waals surface area contributed by atoms with E-state index in [1.807, 2.05) is 4.90 Å². The first kappa shape index (κ1) is 19.2. The van der Waals surface area contributed by atoms with Gasteiger partial charge in [0.1, 0.15) is 0 Å². The Kier molecular flexibility index (Phi) is 6.02. The van der Waals surface area contributed by atoms with E-state index in [4.69, 9.17) is 9.63 Å². The SMILES string of the molecule is Cl.O=C(O)C1CCCN(Cc2nc(-c3cc(F)c(F)c(F)c3)no2)C1. The summed E-state index contributed by atoms with van der Waals surface area (Å²) in [4.78, 5) is 17.0. The van der Waals surface area contributed by atoms with Gasteiger partial charge < -0.3 is 9.63 Å². The van der Waals surface area contributed by atoms with Gasteiger partial charge >= 0.3 is 5.97 Å². The zero-order chi connectivity index (χ0) is 17.3. The second-order valence-electron chi connectivity index (χ2n) is 5.68. The molecular formula is C15H15ClF3N3O3. The molecule has 10 heteroatoms.